The van der Waals surface area contributed by atoms with Gasteiger partial charge in [-0.05, 0) is 55.3 Å². The van der Waals surface area contributed by atoms with E-state index in [1.165, 1.54) is 19.2 Å². The average Bonchev–Trinajstić information content (AvgIpc) is 2.79. The lowest BCUT2D eigenvalue weighted by Crippen LogP contribution is -2.22. The van der Waals surface area contributed by atoms with Crippen LogP contribution in [-0.4, -0.2) is 31.4 Å². The van der Waals surface area contributed by atoms with Gasteiger partial charge in [0, 0.05) is 16.1 Å². The van der Waals surface area contributed by atoms with Crippen molar-refractivity contribution in [1.29, 1.82) is 0 Å². The molecule has 0 saturated heterocycles. The Morgan fingerprint density at radius 3 is 2.31 bits per heavy atom. The van der Waals surface area contributed by atoms with Crippen LogP contribution in [0.5, 0.6) is 5.75 Å². The number of ether oxygens (including phenoxy) is 2. The summed E-state index contributed by atoms with van der Waals surface area (Å²) in [6.45, 7) is 3.33. The van der Waals surface area contributed by atoms with Crippen LogP contribution in [0.4, 0.5) is 5.69 Å². The van der Waals surface area contributed by atoms with Gasteiger partial charge in [-0.15, -0.1) is 0 Å². The summed E-state index contributed by atoms with van der Waals surface area (Å²) in [4.78, 5) is 37.9. The molecule has 3 aromatic rings. The number of anilines is 1. The van der Waals surface area contributed by atoms with Crippen molar-refractivity contribution in [3.63, 3.8) is 0 Å². The smallest absolute Gasteiger partial charge is 0.339 e. The van der Waals surface area contributed by atoms with Gasteiger partial charge in [-0.3, -0.25) is 9.59 Å². The van der Waals surface area contributed by atoms with Crippen molar-refractivity contribution in [2.45, 2.75) is 13.8 Å². The number of benzene rings is 3. The number of rotatable bonds is 7. The second kappa shape index (κ2) is 10.1. The highest BCUT2D eigenvalue weighted by Crippen LogP contribution is 2.27. The summed E-state index contributed by atoms with van der Waals surface area (Å²) < 4.78 is 10.3. The molecular weight excluding hydrogens is 430 g/mol. The van der Waals surface area contributed by atoms with E-state index in [0.29, 0.717) is 22.0 Å². The normalized spacial score (nSPS) is 10.4. The predicted octanol–water partition coefficient (Wildman–Crippen LogP) is 4.99. The van der Waals surface area contributed by atoms with Gasteiger partial charge < -0.3 is 14.8 Å². The largest absolute Gasteiger partial charge is 0.495 e. The highest BCUT2D eigenvalue weighted by Gasteiger charge is 2.20. The van der Waals surface area contributed by atoms with Crippen molar-refractivity contribution in [1.82, 2.24) is 0 Å². The molecule has 1 amide bonds. The zero-order chi connectivity index (χ0) is 23.3. The minimum atomic E-state index is -0.772. The number of halogens is 1. The third-order valence-corrected chi connectivity index (χ3v) is 5.17. The van der Waals surface area contributed by atoms with Crippen LogP contribution in [0.2, 0.25) is 5.02 Å². The van der Waals surface area contributed by atoms with Gasteiger partial charge in [0.15, 0.2) is 12.4 Å². The number of hydrogen-bond donors (Lipinski definition) is 1. The summed E-state index contributed by atoms with van der Waals surface area (Å²) >= 11 is 5.96. The van der Waals surface area contributed by atoms with E-state index in [9.17, 15) is 14.4 Å². The lowest BCUT2D eigenvalue weighted by molar-refractivity contribution is -0.119. The first kappa shape index (κ1) is 23.0. The molecule has 32 heavy (non-hydrogen) atoms. The fraction of sp³-hybridized carbons (Fsp3) is 0.160. The van der Waals surface area contributed by atoms with Crippen molar-refractivity contribution in [3.05, 3.63) is 93.5 Å². The fourth-order valence-electron chi connectivity index (χ4n) is 3.07. The molecule has 0 fully saturated rings. The number of hydrogen-bond acceptors (Lipinski definition) is 5. The van der Waals surface area contributed by atoms with Crippen molar-refractivity contribution in [2.24, 2.45) is 0 Å². The Morgan fingerprint density at radius 2 is 1.62 bits per heavy atom. The number of esters is 1. The molecule has 0 atom stereocenters. The van der Waals surface area contributed by atoms with Crippen LogP contribution in [0, 0.1) is 13.8 Å². The minimum Gasteiger partial charge on any atom is -0.495 e. The first-order chi connectivity index (χ1) is 15.3. The Balaban J connectivity index is 1.72. The summed E-state index contributed by atoms with van der Waals surface area (Å²) in [6, 6.07) is 16.5. The number of ketones is 1. The maximum Gasteiger partial charge on any atom is 0.339 e. The topological polar surface area (TPSA) is 81.7 Å². The van der Waals surface area contributed by atoms with E-state index in [1.54, 1.807) is 42.5 Å². The molecule has 0 unspecified atom stereocenters. The van der Waals surface area contributed by atoms with E-state index in [4.69, 9.17) is 21.1 Å². The van der Waals surface area contributed by atoms with Crippen LogP contribution < -0.4 is 10.1 Å². The van der Waals surface area contributed by atoms with Crippen molar-refractivity contribution < 1.29 is 23.9 Å². The van der Waals surface area contributed by atoms with Gasteiger partial charge in [-0.1, -0.05) is 41.9 Å². The molecule has 7 heteroatoms. The van der Waals surface area contributed by atoms with Crippen LogP contribution in [0.1, 0.15) is 37.4 Å². The Hall–Kier alpha value is -3.64. The number of nitrogens with one attached hydrogen (secondary N) is 1. The fourth-order valence-corrected chi connectivity index (χ4v) is 3.24. The average molecular weight is 452 g/mol. The van der Waals surface area contributed by atoms with E-state index in [-0.39, 0.29) is 16.9 Å². The third-order valence-electron chi connectivity index (χ3n) is 4.93. The third kappa shape index (κ3) is 5.34. The maximum absolute atomic E-state index is 13.0. The van der Waals surface area contributed by atoms with Gasteiger partial charge in [-0.2, -0.15) is 0 Å². The monoisotopic (exact) mass is 451 g/mol. The van der Waals surface area contributed by atoms with Gasteiger partial charge in [-0.25, -0.2) is 4.79 Å². The van der Waals surface area contributed by atoms with Crippen molar-refractivity contribution in [3.8, 4) is 5.75 Å². The van der Waals surface area contributed by atoms with E-state index in [1.807, 2.05) is 19.9 Å². The second-order valence-corrected chi connectivity index (χ2v) is 7.58. The zero-order valence-corrected chi connectivity index (χ0v) is 18.7. The highest BCUT2D eigenvalue weighted by molar-refractivity contribution is 6.31. The van der Waals surface area contributed by atoms with E-state index < -0.39 is 18.5 Å². The first-order valence-corrected chi connectivity index (χ1v) is 10.2. The Bertz CT molecular complexity index is 1190. The lowest BCUT2D eigenvalue weighted by atomic mass is 9.96. The molecule has 0 aromatic heterocycles. The Kier molecular flexibility index (Phi) is 7.28. The molecule has 3 rings (SSSR count). The summed E-state index contributed by atoms with van der Waals surface area (Å²) in [6.07, 6.45) is 0. The molecule has 0 aliphatic carbocycles. The summed E-state index contributed by atoms with van der Waals surface area (Å²) in [5, 5.41) is 3.01. The molecule has 0 radical (unpaired) electrons. The minimum absolute atomic E-state index is 0.0869. The number of carbonyl (C=O) groups is 3. The zero-order valence-electron chi connectivity index (χ0n) is 17.9. The van der Waals surface area contributed by atoms with Crippen molar-refractivity contribution >= 4 is 34.9 Å². The standard InChI is InChI=1S/C25H22ClNO5/c1-15-8-9-17(12-16(15)2)24(29)19-6-4-5-7-20(19)25(30)32-14-23(28)27-21-13-18(26)10-11-22(21)31-3/h4-13H,14H2,1-3H3,(H,27,28). The molecule has 0 heterocycles. The first-order valence-electron chi connectivity index (χ1n) is 9.81. The van der Waals surface area contributed by atoms with Gasteiger partial charge >= 0.3 is 5.97 Å². The summed E-state index contributed by atoms with van der Waals surface area (Å²) in [5.41, 5.74) is 3.16. The lowest BCUT2D eigenvalue weighted by Gasteiger charge is -2.12. The molecule has 0 aliphatic heterocycles. The molecule has 6 nitrogen and oxygen atoms in total. The van der Waals surface area contributed by atoms with Gasteiger partial charge in [0.25, 0.3) is 5.91 Å². The van der Waals surface area contributed by atoms with Crippen LogP contribution in [0.15, 0.2) is 60.7 Å². The van der Waals surface area contributed by atoms with Gasteiger partial charge in [0.2, 0.25) is 0 Å². The van der Waals surface area contributed by atoms with Crippen LogP contribution in [0.3, 0.4) is 0 Å². The number of carbonyl (C=O) groups excluding carboxylic acids is 3. The van der Waals surface area contributed by atoms with Crippen LogP contribution in [-0.2, 0) is 9.53 Å². The van der Waals surface area contributed by atoms with E-state index >= 15 is 0 Å². The quantitative estimate of drug-likeness (QED) is 0.404. The van der Waals surface area contributed by atoms with Crippen LogP contribution >= 0.6 is 11.6 Å². The number of amides is 1. The maximum atomic E-state index is 13.0. The highest BCUT2D eigenvalue weighted by atomic mass is 35.5. The Morgan fingerprint density at radius 1 is 0.906 bits per heavy atom. The molecule has 164 valence electrons. The molecule has 0 bridgehead atoms. The molecule has 3 aromatic carbocycles. The summed E-state index contributed by atoms with van der Waals surface area (Å²) in [7, 11) is 1.46. The second-order valence-electron chi connectivity index (χ2n) is 7.14. The van der Waals surface area contributed by atoms with Gasteiger partial charge in [0.1, 0.15) is 5.75 Å². The number of methoxy groups -OCH3 is 1. The van der Waals surface area contributed by atoms with E-state index in [2.05, 4.69) is 5.32 Å². The SMILES string of the molecule is COc1ccc(Cl)cc1NC(=O)COC(=O)c1ccccc1C(=O)c1ccc(C)c(C)c1. The van der Waals surface area contributed by atoms with Crippen LogP contribution in [0.25, 0.3) is 0 Å². The molecule has 0 spiro atoms. The molecule has 0 aliphatic rings. The van der Waals surface area contributed by atoms with Crippen molar-refractivity contribution in [2.75, 3.05) is 19.0 Å². The molecule has 1 N–H and O–H groups in total. The summed E-state index contributed by atoms with van der Waals surface area (Å²) in [5.74, 6) is -1.23. The predicted molar refractivity (Wildman–Crippen MR) is 123 cm³/mol. The molecule has 0 saturated carbocycles. The van der Waals surface area contributed by atoms with Gasteiger partial charge in [0.05, 0.1) is 18.4 Å². The molecular formula is C25H22ClNO5. The number of aryl methyl sites for hydroxylation is 2. The Labute approximate surface area is 191 Å². The van der Waals surface area contributed by atoms with E-state index in [0.717, 1.165) is 11.1 Å².